The number of nitrogens with zero attached hydrogens (tertiary/aromatic N) is 1. The van der Waals surface area contributed by atoms with Crippen LogP contribution in [0.4, 0.5) is 18.9 Å². The summed E-state index contributed by atoms with van der Waals surface area (Å²) in [7, 11) is 0. The summed E-state index contributed by atoms with van der Waals surface area (Å²) < 4.78 is 40.7. The summed E-state index contributed by atoms with van der Waals surface area (Å²) in [5.41, 5.74) is 1.89. The number of nitrogens with one attached hydrogen (secondary N) is 1. The van der Waals surface area contributed by atoms with Gasteiger partial charge in [0.05, 0.1) is 11.7 Å². The molecule has 0 amide bonds. The highest BCUT2D eigenvalue weighted by molar-refractivity contribution is 8.04. The maximum absolute atomic E-state index is 12.2. The van der Waals surface area contributed by atoms with Gasteiger partial charge in [0.1, 0.15) is 5.75 Å². The average Bonchev–Trinajstić information content (AvgIpc) is 2.42. The SMILES string of the molecule is CCC1CC2=C(C=N1)Sc1cc(OC(F)(F)F)ccc1N2. The topological polar surface area (TPSA) is 33.6 Å². The van der Waals surface area contributed by atoms with E-state index in [-0.39, 0.29) is 11.8 Å². The van der Waals surface area contributed by atoms with Crippen LogP contribution in [0.1, 0.15) is 19.8 Å². The van der Waals surface area contributed by atoms with Crippen molar-refractivity contribution in [1.29, 1.82) is 0 Å². The van der Waals surface area contributed by atoms with Crippen molar-refractivity contribution in [1.82, 2.24) is 0 Å². The number of hydrogen-bond donors (Lipinski definition) is 1. The third-order valence-electron chi connectivity index (χ3n) is 3.30. The van der Waals surface area contributed by atoms with Crippen molar-refractivity contribution in [2.75, 3.05) is 5.32 Å². The molecule has 1 atom stereocenters. The maximum atomic E-state index is 12.2. The second kappa shape index (κ2) is 5.29. The Morgan fingerprint density at radius 1 is 1.43 bits per heavy atom. The fraction of sp³-hybridized carbons (Fsp3) is 0.357. The average molecular weight is 314 g/mol. The molecule has 7 heteroatoms. The monoisotopic (exact) mass is 314 g/mol. The van der Waals surface area contributed by atoms with E-state index in [1.807, 2.05) is 0 Å². The molecule has 0 bridgehead atoms. The van der Waals surface area contributed by atoms with Gasteiger partial charge in [-0.05, 0) is 24.6 Å². The third kappa shape index (κ3) is 3.18. The smallest absolute Gasteiger partial charge is 0.406 e. The maximum Gasteiger partial charge on any atom is 0.573 e. The molecular weight excluding hydrogens is 301 g/mol. The highest BCUT2D eigenvalue weighted by atomic mass is 32.2. The lowest BCUT2D eigenvalue weighted by atomic mass is 10.1. The lowest BCUT2D eigenvalue weighted by Gasteiger charge is -2.27. The van der Waals surface area contributed by atoms with Crippen LogP contribution in [0.25, 0.3) is 0 Å². The van der Waals surface area contributed by atoms with E-state index in [0.29, 0.717) is 4.90 Å². The Labute approximate surface area is 124 Å². The predicted molar refractivity (Wildman–Crippen MR) is 76.8 cm³/mol. The summed E-state index contributed by atoms with van der Waals surface area (Å²) in [6.45, 7) is 2.08. The van der Waals surface area contributed by atoms with E-state index in [9.17, 15) is 13.2 Å². The Morgan fingerprint density at radius 3 is 2.95 bits per heavy atom. The third-order valence-corrected chi connectivity index (χ3v) is 4.43. The number of ether oxygens (including phenoxy) is 1. The van der Waals surface area contributed by atoms with E-state index in [1.54, 1.807) is 12.3 Å². The van der Waals surface area contributed by atoms with Crippen molar-refractivity contribution in [3.8, 4) is 5.75 Å². The Morgan fingerprint density at radius 2 is 2.24 bits per heavy atom. The van der Waals surface area contributed by atoms with E-state index in [0.717, 1.165) is 29.1 Å². The summed E-state index contributed by atoms with van der Waals surface area (Å²) in [6.07, 6.45) is -1.09. The Hall–Kier alpha value is -1.63. The number of alkyl halides is 3. The van der Waals surface area contributed by atoms with Crippen LogP contribution in [-0.4, -0.2) is 18.6 Å². The van der Waals surface area contributed by atoms with E-state index in [4.69, 9.17) is 0 Å². The quantitative estimate of drug-likeness (QED) is 0.868. The minimum Gasteiger partial charge on any atom is -0.406 e. The second-order valence-corrected chi connectivity index (χ2v) is 5.90. The number of thioether (sulfide) groups is 1. The van der Waals surface area contributed by atoms with E-state index in [2.05, 4.69) is 22.0 Å². The molecule has 1 unspecified atom stereocenters. The lowest BCUT2D eigenvalue weighted by Crippen LogP contribution is -2.19. The van der Waals surface area contributed by atoms with Crippen LogP contribution in [0.2, 0.25) is 0 Å². The normalized spacial score (nSPS) is 20.7. The van der Waals surface area contributed by atoms with Crippen LogP contribution < -0.4 is 10.1 Å². The number of dihydropyridines is 1. The summed E-state index contributed by atoms with van der Waals surface area (Å²) in [5.74, 6) is -0.209. The van der Waals surface area contributed by atoms with Gasteiger partial charge in [0.15, 0.2) is 0 Å². The number of hydrogen-bond acceptors (Lipinski definition) is 4. The number of fused-ring (bicyclic) bond motifs is 1. The van der Waals surface area contributed by atoms with Crippen molar-refractivity contribution in [3.05, 3.63) is 28.8 Å². The van der Waals surface area contributed by atoms with Crippen LogP contribution in [0.3, 0.4) is 0 Å². The highest BCUT2D eigenvalue weighted by Crippen LogP contribution is 2.43. The number of halogens is 3. The number of benzene rings is 1. The van der Waals surface area contributed by atoms with Gasteiger partial charge in [-0.15, -0.1) is 13.2 Å². The molecule has 0 spiro atoms. The minimum atomic E-state index is -4.67. The zero-order valence-electron chi connectivity index (χ0n) is 11.2. The molecule has 0 saturated heterocycles. The van der Waals surface area contributed by atoms with Gasteiger partial charge in [-0.2, -0.15) is 0 Å². The molecule has 112 valence electrons. The number of anilines is 1. The standard InChI is InChI=1S/C14H13F3N2OS/c1-2-8-5-11-13(7-18-8)21-12-6-9(20-14(15,16)17)3-4-10(12)19-11/h3-4,6-8,19H,2,5H2,1H3. The van der Waals surface area contributed by atoms with Crippen molar-refractivity contribution in [2.45, 2.75) is 37.1 Å². The predicted octanol–water partition coefficient (Wildman–Crippen LogP) is 4.57. The minimum absolute atomic E-state index is 0.209. The largest absolute Gasteiger partial charge is 0.573 e. The van der Waals surface area contributed by atoms with E-state index in [1.165, 1.54) is 23.9 Å². The second-order valence-electron chi connectivity index (χ2n) is 4.82. The van der Waals surface area contributed by atoms with Crippen LogP contribution >= 0.6 is 11.8 Å². The van der Waals surface area contributed by atoms with Gasteiger partial charge in [0.2, 0.25) is 0 Å². The van der Waals surface area contributed by atoms with Gasteiger partial charge in [-0.1, -0.05) is 18.7 Å². The molecule has 0 aromatic heterocycles. The number of allylic oxidation sites excluding steroid dienone is 1. The van der Waals surface area contributed by atoms with Gasteiger partial charge >= 0.3 is 6.36 Å². The van der Waals surface area contributed by atoms with Crippen LogP contribution in [0.5, 0.6) is 5.75 Å². The number of aliphatic imine (C=N–C) groups is 1. The Bertz CT molecular complexity index is 625. The van der Waals surface area contributed by atoms with Crippen LogP contribution in [-0.2, 0) is 0 Å². The summed E-state index contributed by atoms with van der Waals surface area (Å²) in [6, 6.07) is 4.59. The molecular formula is C14H13F3N2OS. The fourth-order valence-electron chi connectivity index (χ4n) is 2.26. The molecule has 2 aliphatic rings. The summed E-state index contributed by atoms with van der Waals surface area (Å²) in [5, 5.41) is 3.28. The molecule has 1 N–H and O–H groups in total. The summed E-state index contributed by atoms with van der Waals surface area (Å²) in [4.78, 5) is 6.09. The molecule has 3 rings (SSSR count). The number of rotatable bonds is 2. The van der Waals surface area contributed by atoms with Crippen molar-refractivity contribution >= 4 is 23.7 Å². The van der Waals surface area contributed by atoms with Gasteiger partial charge in [-0.25, -0.2) is 0 Å². The molecule has 1 aromatic carbocycles. The van der Waals surface area contributed by atoms with E-state index >= 15 is 0 Å². The van der Waals surface area contributed by atoms with Gasteiger partial charge < -0.3 is 10.1 Å². The first-order valence-electron chi connectivity index (χ1n) is 6.55. The molecule has 0 radical (unpaired) electrons. The lowest BCUT2D eigenvalue weighted by molar-refractivity contribution is -0.274. The molecule has 0 saturated carbocycles. The first-order valence-corrected chi connectivity index (χ1v) is 7.37. The van der Waals surface area contributed by atoms with Gasteiger partial charge in [0.25, 0.3) is 0 Å². The molecule has 21 heavy (non-hydrogen) atoms. The van der Waals surface area contributed by atoms with Gasteiger partial charge in [-0.3, -0.25) is 4.99 Å². The Kier molecular flexibility index (Phi) is 3.61. The molecule has 1 aromatic rings. The van der Waals surface area contributed by atoms with Crippen LogP contribution in [0, 0.1) is 0 Å². The highest BCUT2D eigenvalue weighted by Gasteiger charge is 2.32. The van der Waals surface area contributed by atoms with Crippen molar-refractivity contribution in [3.63, 3.8) is 0 Å². The zero-order chi connectivity index (χ0) is 15.0. The van der Waals surface area contributed by atoms with Crippen LogP contribution in [0.15, 0.2) is 38.7 Å². The van der Waals surface area contributed by atoms with E-state index < -0.39 is 6.36 Å². The first-order chi connectivity index (χ1) is 9.94. The molecule has 2 aliphatic heterocycles. The fourth-order valence-corrected chi connectivity index (χ4v) is 3.27. The molecule has 3 nitrogen and oxygen atoms in total. The molecule has 0 fully saturated rings. The van der Waals surface area contributed by atoms with Crippen molar-refractivity contribution in [2.24, 2.45) is 4.99 Å². The van der Waals surface area contributed by atoms with Crippen molar-refractivity contribution < 1.29 is 17.9 Å². The molecule has 2 heterocycles. The zero-order valence-corrected chi connectivity index (χ0v) is 12.0. The summed E-state index contributed by atoms with van der Waals surface area (Å²) >= 11 is 1.41. The van der Waals surface area contributed by atoms with Gasteiger partial charge in [0, 0.05) is 28.1 Å². The molecule has 0 aliphatic carbocycles. The Balaban J connectivity index is 1.82. The first kappa shape index (κ1) is 14.3.